The number of benzene rings is 1. The minimum absolute atomic E-state index is 0.0464. The third-order valence-corrected chi connectivity index (χ3v) is 6.74. The molecular formula is C17H21N3O5S. The van der Waals surface area contributed by atoms with Crippen molar-refractivity contribution in [2.24, 2.45) is 0 Å². The molecule has 0 unspecified atom stereocenters. The summed E-state index contributed by atoms with van der Waals surface area (Å²) in [4.78, 5) is 4.37. The number of aromatic nitrogens is 2. The molecule has 26 heavy (non-hydrogen) atoms. The first kappa shape index (κ1) is 17.4. The number of rotatable bonds is 4. The predicted octanol–water partition coefficient (Wildman–Crippen LogP) is 1.24. The maximum atomic E-state index is 13.0. The molecule has 0 amide bonds. The summed E-state index contributed by atoms with van der Waals surface area (Å²) in [6.45, 7) is 3.91. The Morgan fingerprint density at radius 1 is 1.42 bits per heavy atom. The first-order chi connectivity index (χ1) is 12.3. The molecule has 1 fully saturated rings. The molecule has 8 nitrogen and oxygen atoms in total. The zero-order valence-corrected chi connectivity index (χ0v) is 15.5. The number of aryl methyl sites for hydroxylation is 1. The first-order valence-corrected chi connectivity index (χ1v) is 10.1. The second-order valence-electron chi connectivity index (χ2n) is 6.89. The van der Waals surface area contributed by atoms with Crippen molar-refractivity contribution in [3.8, 4) is 5.75 Å². The van der Waals surface area contributed by atoms with Crippen LogP contribution in [0.2, 0.25) is 0 Å². The highest BCUT2D eigenvalue weighted by Gasteiger charge is 2.46. The fraction of sp³-hybridized carbons (Fsp3) is 0.529. The van der Waals surface area contributed by atoms with Crippen molar-refractivity contribution in [2.75, 3.05) is 13.1 Å². The summed E-state index contributed by atoms with van der Waals surface area (Å²) in [6.07, 6.45) is 1.52. The highest BCUT2D eigenvalue weighted by atomic mass is 32.2. The number of sulfonamides is 1. The van der Waals surface area contributed by atoms with Gasteiger partial charge >= 0.3 is 0 Å². The second-order valence-corrected chi connectivity index (χ2v) is 8.83. The lowest BCUT2D eigenvalue weighted by Crippen LogP contribution is -2.34. The Hall–Kier alpha value is -1.97. The highest BCUT2D eigenvalue weighted by molar-refractivity contribution is 7.89. The summed E-state index contributed by atoms with van der Waals surface area (Å²) in [5, 5.41) is 14.6. The van der Waals surface area contributed by atoms with Gasteiger partial charge in [-0.25, -0.2) is 8.42 Å². The first-order valence-electron chi connectivity index (χ1n) is 8.67. The summed E-state index contributed by atoms with van der Waals surface area (Å²) < 4.78 is 38.0. The van der Waals surface area contributed by atoms with Gasteiger partial charge in [-0.2, -0.15) is 9.29 Å². The van der Waals surface area contributed by atoms with E-state index in [1.165, 1.54) is 4.31 Å². The van der Waals surface area contributed by atoms with Crippen LogP contribution in [0.3, 0.4) is 0 Å². The zero-order chi connectivity index (χ0) is 18.5. The molecule has 2 aromatic rings. The lowest BCUT2D eigenvalue weighted by molar-refractivity contribution is 0.0194. The van der Waals surface area contributed by atoms with Crippen molar-refractivity contribution >= 4 is 10.0 Å². The van der Waals surface area contributed by atoms with Crippen LogP contribution in [-0.2, 0) is 28.5 Å². The molecule has 2 aliphatic rings. The molecule has 1 saturated heterocycles. The van der Waals surface area contributed by atoms with Gasteiger partial charge in [-0.15, -0.1) is 0 Å². The maximum Gasteiger partial charge on any atom is 0.260 e. The largest absolute Gasteiger partial charge is 0.490 e. The van der Waals surface area contributed by atoms with Gasteiger partial charge in [-0.1, -0.05) is 12.1 Å². The SMILES string of the molecule is CCc1noc([C@@]2(O)CCN(S(=O)(=O)c3ccc4c(c3)C[C@@H](C)O4)C2)n1. The van der Waals surface area contributed by atoms with E-state index in [0.717, 1.165) is 11.3 Å². The van der Waals surface area contributed by atoms with Crippen LogP contribution in [0.15, 0.2) is 27.6 Å². The molecular weight excluding hydrogens is 358 g/mol. The minimum Gasteiger partial charge on any atom is -0.490 e. The quantitative estimate of drug-likeness (QED) is 0.852. The van der Waals surface area contributed by atoms with Gasteiger partial charge in [0.1, 0.15) is 11.9 Å². The van der Waals surface area contributed by atoms with Crippen molar-refractivity contribution < 1.29 is 22.8 Å². The number of hydrogen-bond acceptors (Lipinski definition) is 7. The van der Waals surface area contributed by atoms with Crippen LogP contribution in [-0.4, -0.2) is 47.2 Å². The summed E-state index contributed by atoms with van der Waals surface area (Å²) in [5.74, 6) is 1.29. The number of β-amino-alcohol motifs (C(OH)–C–C–N with tert-alkyl or cyclic N) is 1. The van der Waals surface area contributed by atoms with Gasteiger partial charge < -0.3 is 14.4 Å². The lowest BCUT2D eigenvalue weighted by Gasteiger charge is -2.20. The molecule has 3 heterocycles. The van der Waals surface area contributed by atoms with Gasteiger partial charge in [-0.3, -0.25) is 0 Å². The van der Waals surface area contributed by atoms with E-state index < -0.39 is 15.6 Å². The molecule has 1 aromatic heterocycles. The standard InChI is InChI=1S/C17H21N3O5S/c1-3-15-18-16(25-19-15)17(21)6-7-20(10-17)26(22,23)13-4-5-14-12(9-13)8-11(2)24-14/h4-5,9,11,21H,3,6-8,10H2,1-2H3/t11-,17-/m1/s1. The van der Waals surface area contributed by atoms with E-state index in [2.05, 4.69) is 10.1 Å². The Kier molecular flexibility index (Phi) is 4.05. The Morgan fingerprint density at radius 2 is 2.23 bits per heavy atom. The number of aliphatic hydroxyl groups is 1. The van der Waals surface area contributed by atoms with Crippen LogP contribution in [0, 0.1) is 0 Å². The maximum absolute atomic E-state index is 13.0. The molecule has 9 heteroatoms. The number of fused-ring (bicyclic) bond motifs is 1. The lowest BCUT2D eigenvalue weighted by atomic mass is 10.0. The smallest absolute Gasteiger partial charge is 0.260 e. The third kappa shape index (κ3) is 2.80. The molecule has 0 bridgehead atoms. The molecule has 0 saturated carbocycles. The third-order valence-electron chi connectivity index (χ3n) is 4.90. The van der Waals surface area contributed by atoms with Gasteiger partial charge in [-0.05, 0) is 30.7 Å². The monoisotopic (exact) mass is 379 g/mol. The normalized spacial score (nSPS) is 26.0. The van der Waals surface area contributed by atoms with Crippen molar-refractivity contribution in [3.63, 3.8) is 0 Å². The van der Waals surface area contributed by atoms with Gasteiger partial charge in [0, 0.05) is 25.8 Å². The van der Waals surface area contributed by atoms with Gasteiger partial charge in [0.25, 0.3) is 5.89 Å². The zero-order valence-electron chi connectivity index (χ0n) is 14.7. The Labute approximate surface area is 151 Å². The van der Waals surface area contributed by atoms with E-state index >= 15 is 0 Å². The van der Waals surface area contributed by atoms with Crippen LogP contribution >= 0.6 is 0 Å². The molecule has 0 spiro atoms. The van der Waals surface area contributed by atoms with E-state index in [4.69, 9.17) is 9.26 Å². The number of hydrogen-bond donors (Lipinski definition) is 1. The van der Waals surface area contributed by atoms with Crippen LogP contribution in [0.4, 0.5) is 0 Å². The van der Waals surface area contributed by atoms with E-state index in [1.54, 1.807) is 18.2 Å². The molecule has 0 aliphatic carbocycles. The summed E-state index contributed by atoms with van der Waals surface area (Å²) in [6, 6.07) is 4.90. The molecule has 2 atom stereocenters. The van der Waals surface area contributed by atoms with Crippen LogP contribution in [0.1, 0.15) is 37.5 Å². The summed E-state index contributed by atoms with van der Waals surface area (Å²) >= 11 is 0. The number of nitrogens with zero attached hydrogens (tertiary/aromatic N) is 3. The predicted molar refractivity (Wildman–Crippen MR) is 91.2 cm³/mol. The summed E-state index contributed by atoms with van der Waals surface area (Å²) in [5.41, 5.74) is -0.570. The minimum atomic E-state index is -3.73. The van der Waals surface area contributed by atoms with E-state index in [-0.39, 0.29) is 36.4 Å². The van der Waals surface area contributed by atoms with Crippen molar-refractivity contribution in [2.45, 2.75) is 49.7 Å². The number of ether oxygens (including phenoxy) is 1. The topological polar surface area (TPSA) is 106 Å². The highest BCUT2D eigenvalue weighted by Crippen LogP contribution is 2.36. The molecule has 4 rings (SSSR count). The molecule has 1 aromatic carbocycles. The Morgan fingerprint density at radius 3 is 2.96 bits per heavy atom. The Balaban J connectivity index is 1.59. The fourth-order valence-corrected chi connectivity index (χ4v) is 4.98. The van der Waals surface area contributed by atoms with Crippen molar-refractivity contribution in [1.82, 2.24) is 14.4 Å². The van der Waals surface area contributed by atoms with Crippen LogP contribution in [0.5, 0.6) is 5.75 Å². The Bertz CT molecular complexity index is 942. The molecule has 1 N–H and O–H groups in total. The van der Waals surface area contributed by atoms with Gasteiger partial charge in [0.15, 0.2) is 11.4 Å². The average molecular weight is 379 g/mol. The van der Waals surface area contributed by atoms with Crippen molar-refractivity contribution in [1.29, 1.82) is 0 Å². The van der Waals surface area contributed by atoms with Crippen molar-refractivity contribution in [3.05, 3.63) is 35.5 Å². The van der Waals surface area contributed by atoms with E-state index in [1.807, 2.05) is 13.8 Å². The fourth-order valence-electron chi connectivity index (χ4n) is 3.43. The molecule has 0 radical (unpaired) electrons. The van der Waals surface area contributed by atoms with E-state index in [9.17, 15) is 13.5 Å². The molecule has 2 aliphatic heterocycles. The summed E-state index contributed by atoms with van der Waals surface area (Å²) in [7, 11) is -3.73. The average Bonchev–Trinajstić information content (AvgIpc) is 3.31. The molecule has 140 valence electrons. The van der Waals surface area contributed by atoms with Gasteiger partial charge in [0.2, 0.25) is 10.0 Å². The van der Waals surface area contributed by atoms with E-state index in [0.29, 0.717) is 18.7 Å². The van der Waals surface area contributed by atoms with Crippen LogP contribution in [0.25, 0.3) is 0 Å². The second kappa shape index (κ2) is 6.04. The van der Waals surface area contributed by atoms with Crippen LogP contribution < -0.4 is 4.74 Å². The van der Waals surface area contributed by atoms with Gasteiger partial charge in [0.05, 0.1) is 11.4 Å².